The molecule has 1 aliphatic rings. The molecule has 0 aromatic heterocycles. The first-order chi connectivity index (χ1) is 11.5. The van der Waals surface area contributed by atoms with Gasteiger partial charge in [-0.3, -0.25) is 14.5 Å². The Morgan fingerprint density at radius 2 is 2.04 bits per heavy atom. The Balaban J connectivity index is 1.85. The minimum atomic E-state index is -0.192. The second-order valence-electron chi connectivity index (χ2n) is 5.91. The summed E-state index contributed by atoms with van der Waals surface area (Å²) in [5.41, 5.74) is 1.82. The number of benzene rings is 1. The molecule has 0 spiro atoms. The number of aryl methyl sites for hydroxylation is 1. The van der Waals surface area contributed by atoms with E-state index in [1.54, 1.807) is 4.90 Å². The fourth-order valence-corrected chi connectivity index (χ4v) is 2.86. The Hall–Kier alpha value is -1.44. The summed E-state index contributed by atoms with van der Waals surface area (Å²) in [5.74, 6) is -0.286. The summed E-state index contributed by atoms with van der Waals surface area (Å²) >= 11 is 3.45. The van der Waals surface area contributed by atoms with Crippen LogP contribution >= 0.6 is 15.9 Å². The van der Waals surface area contributed by atoms with Crippen molar-refractivity contribution in [1.82, 2.24) is 9.80 Å². The quantitative estimate of drug-likeness (QED) is 0.795. The van der Waals surface area contributed by atoms with E-state index in [4.69, 9.17) is 4.74 Å². The van der Waals surface area contributed by atoms with Crippen molar-refractivity contribution in [3.63, 3.8) is 0 Å². The maximum Gasteiger partial charge on any atom is 0.243 e. The molecule has 1 N–H and O–H groups in total. The Kier molecular flexibility index (Phi) is 7.20. The normalized spacial score (nSPS) is 15.1. The van der Waals surface area contributed by atoms with Crippen LogP contribution in [0, 0.1) is 6.92 Å². The largest absolute Gasteiger partial charge is 0.379 e. The molecule has 1 heterocycles. The van der Waals surface area contributed by atoms with Gasteiger partial charge in [-0.05, 0) is 24.6 Å². The van der Waals surface area contributed by atoms with Crippen molar-refractivity contribution < 1.29 is 14.3 Å². The number of amides is 2. The number of morpholine rings is 1. The van der Waals surface area contributed by atoms with E-state index in [9.17, 15) is 9.59 Å². The highest BCUT2D eigenvalue weighted by Gasteiger charge is 2.17. The molecule has 1 fully saturated rings. The Bertz CT molecular complexity index is 588. The molecule has 0 bridgehead atoms. The molecule has 1 aliphatic heterocycles. The van der Waals surface area contributed by atoms with E-state index < -0.39 is 0 Å². The van der Waals surface area contributed by atoms with Crippen molar-refractivity contribution in [2.24, 2.45) is 0 Å². The minimum absolute atomic E-state index is 0.0607. The lowest BCUT2D eigenvalue weighted by Gasteiger charge is -2.29. The maximum atomic E-state index is 12.2. The molecule has 132 valence electrons. The SMILES string of the molecule is CC(=O)N(CCN1CCOCC1)CC(=O)Nc1ccc(C)c(Br)c1. The van der Waals surface area contributed by atoms with Crippen LogP contribution in [-0.2, 0) is 14.3 Å². The summed E-state index contributed by atoms with van der Waals surface area (Å²) in [4.78, 5) is 27.8. The lowest BCUT2D eigenvalue weighted by atomic mass is 10.2. The van der Waals surface area contributed by atoms with Crippen molar-refractivity contribution in [2.75, 3.05) is 51.3 Å². The zero-order chi connectivity index (χ0) is 17.5. The van der Waals surface area contributed by atoms with Gasteiger partial charge in [-0.25, -0.2) is 0 Å². The molecule has 7 heteroatoms. The van der Waals surface area contributed by atoms with Gasteiger partial charge in [-0.1, -0.05) is 22.0 Å². The predicted octanol–water partition coefficient (Wildman–Crippen LogP) is 1.88. The van der Waals surface area contributed by atoms with Gasteiger partial charge in [0.2, 0.25) is 11.8 Å². The second-order valence-corrected chi connectivity index (χ2v) is 6.76. The average molecular weight is 398 g/mol. The smallest absolute Gasteiger partial charge is 0.243 e. The average Bonchev–Trinajstić information content (AvgIpc) is 2.55. The van der Waals surface area contributed by atoms with Gasteiger partial charge >= 0.3 is 0 Å². The Labute approximate surface area is 151 Å². The van der Waals surface area contributed by atoms with Crippen LogP contribution in [0.3, 0.4) is 0 Å². The maximum absolute atomic E-state index is 12.2. The first-order valence-corrected chi connectivity index (χ1v) is 8.86. The standard InChI is InChI=1S/C17H24BrN3O3/c1-13-3-4-15(11-16(13)18)19-17(23)12-21(14(2)22)6-5-20-7-9-24-10-8-20/h3-4,11H,5-10,12H2,1-2H3,(H,19,23). The summed E-state index contributed by atoms with van der Waals surface area (Å²) in [6.07, 6.45) is 0. The van der Waals surface area contributed by atoms with Crippen LogP contribution in [-0.4, -0.2) is 67.6 Å². The Morgan fingerprint density at radius 1 is 1.33 bits per heavy atom. The third kappa shape index (κ3) is 5.89. The topological polar surface area (TPSA) is 61.9 Å². The third-order valence-corrected chi connectivity index (χ3v) is 4.88. The van der Waals surface area contributed by atoms with Crippen molar-refractivity contribution >= 4 is 33.4 Å². The minimum Gasteiger partial charge on any atom is -0.379 e. The van der Waals surface area contributed by atoms with Gasteiger partial charge in [-0.15, -0.1) is 0 Å². The van der Waals surface area contributed by atoms with E-state index in [-0.39, 0.29) is 18.4 Å². The zero-order valence-corrected chi connectivity index (χ0v) is 15.8. The van der Waals surface area contributed by atoms with E-state index in [0.29, 0.717) is 12.2 Å². The van der Waals surface area contributed by atoms with Crippen LogP contribution in [0.1, 0.15) is 12.5 Å². The van der Waals surface area contributed by atoms with Crippen molar-refractivity contribution in [2.45, 2.75) is 13.8 Å². The number of halogens is 1. The summed E-state index contributed by atoms with van der Waals surface area (Å²) in [6.45, 7) is 8.03. The number of hydrogen-bond acceptors (Lipinski definition) is 4. The number of ether oxygens (including phenoxy) is 1. The summed E-state index contributed by atoms with van der Waals surface area (Å²) in [6, 6.07) is 5.64. The van der Waals surface area contributed by atoms with Crippen LogP contribution < -0.4 is 5.32 Å². The molecule has 0 radical (unpaired) electrons. The van der Waals surface area contributed by atoms with Crippen LogP contribution in [0.15, 0.2) is 22.7 Å². The van der Waals surface area contributed by atoms with Gasteiger partial charge < -0.3 is 15.0 Å². The molecule has 24 heavy (non-hydrogen) atoms. The van der Waals surface area contributed by atoms with Crippen molar-refractivity contribution in [3.8, 4) is 0 Å². The van der Waals surface area contributed by atoms with Crippen molar-refractivity contribution in [3.05, 3.63) is 28.2 Å². The highest BCUT2D eigenvalue weighted by Crippen LogP contribution is 2.20. The van der Waals surface area contributed by atoms with E-state index in [2.05, 4.69) is 26.1 Å². The molecule has 0 unspecified atom stereocenters. The van der Waals surface area contributed by atoms with Crippen LogP contribution in [0.5, 0.6) is 0 Å². The summed E-state index contributed by atoms with van der Waals surface area (Å²) < 4.78 is 6.25. The fraction of sp³-hybridized carbons (Fsp3) is 0.529. The number of nitrogens with one attached hydrogen (secondary N) is 1. The van der Waals surface area contributed by atoms with E-state index in [0.717, 1.165) is 42.9 Å². The monoisotopic (exact) mass is 397 g/mol. The first-order valence-electron chi connectivity index (χ1n) is 8.07. The molecular formula is C17H24BrN3O3. The summed E-state index contributed by atoms with van der Waals surface area (Å²) in [5, 5.41) is 2.84. The third-order valence-electron chi connectivity index (χ3n) is 4.03. The van der Waals surface area contributed by atoms with Gasteiger partial charge in [0.05, 0.1) is 19.8 Å². The number of hydrogen-bond donors (Lipinski definition) is 1. The molecule has 2 rings (SSSR count). The molecule has 1 aromatic rings. The van der Waals surface area contributed by atoms with Crippen molar-refractivity contribution in [1.29, 1.82) is 0 Å². The highest BCUT2D eigenvalue weighted by molar-refractivity contribution is 9.10. The number of rotatable bonds is 6. The van der Waals surface area contributed by atoms with Gasteiger partial charge in [0, 0.05) is 43.3 Å². The molecular weight excluding hydrogens is 374 g/mol. The lowest BCUT2D eigenvalue weighted by Crippen LogP contribution is -2.44. The molecule has 1 aromatic carbocycles. The molecule has 0 aliphatic carbocycles. The second kappa shape index (κ2) is 9.15. The molecule has 0 saturated carbocycles. The van der Waals surface area contributed by atoms with Gasteiger partial charge in [0.1, 0.15) is 0 Å². The van der Waals surface area contributed by atoms with Crippen LogP contribution in [0.2, 0.25) is 0 Å². The first kappa shape index (κ1) is 18.9. The van der Waals surface area contributed by atoms with Crippen LogP contribution in [0.4, 0.5) is 5.69 Å². The zero-order valence-electron chi connectivity index (χ0n) is 14.2. The molecule has 6 nitrogen and oxygen atoms in total. The fourth-order valence-electron chi connectivity index (χ4n) is 2.48. The van der Waals surface area contributed by atoms with Crippen LogP contribution in [0.25, 0.3) is 0 Å². The van der Waals surface area contributed by atoms with Gasteiger partial charge in [-0.2, -0.15) is 0 Å². The Morgan fingerprint density at radius 3 is 2.67 bits per heavy atom. The highest BCUT2D eigenvalue weighted by atomic mass is 79.9. The number of anilines is 1. The molecule has 0 atom stereocenters. The van der Waals surface area contributed by atoms with E-state index in [1.807, 2.05) is 25.1 Å². The van der Waals surface area contributed by atoms with Gasteiger partial charge in [0.25, 0.3) is 0 Å². The molecule has 1 saturated heterocycles. The van der Waals surface area contributed by atoms with Gasteiger partial charge in [0.15, 0.2) is 0 Å². The van der Waals surface area contributed by atoms with E-state index in [1.165, 1.54) is 6.92 Å². The number of nitrogens with zero attached hydrogens (tertiary/aromatic N) is 2. The molecule has 2 amide bonds. The number of carbonyl (C=O) groups is 2. The summed E-state index contributed by atoms with van der Waals surface area (Å²) in [7, 11) is 0. The predicted molar refractivity (Wildman–Crippen MR) is 97.0 cm³/mol. The number of carbonyl (C=O) groups excluding carboxylic acids is 2. The van der Waals surface area contributed by atoms with E-state index >= 15 is 0 Å². The lowest BCUT2D eigenvalue weighted by molar-refractivity contribution is -0.133.